The van der Waals surface area contributed by atoms with Gasteiger partial charge in [-0.25, -0.2) is 14.2 Å². The van der Waals surface area contributed by atoms with Crippen LogP contribution in [0.4, 0.5) is 14.9 Å². The molecule has 2 fully saturated rings. The highest BCUT2D eigenvalue weighted by molar-refractivity contribution is 5.96. The number of nitrogens with zero attached hydrogens (tertiary/aromatic N) is 4. The smallest absolute Gasteiger partial charge is 0.325 e. The number of pyridine rings is 1. The zero-order chi connectivity index (χ0) is 20.4. The summed E-state index contributed by atoms with van der Waals surface area (Å²) < 4.78 is 19.9. The molecule has 1 atom stereocenters. The first-order valence-corrected chi connectivity index (χ1v) is 9.70. The zero-order valence-corrected chi connectivity index (χ0v) is 16.3. The second kappa shape index (κ2) is 8.06. The molecular weight excluding hydrogens is 375 g/mol. The Kier molecular flexibility index (Phi) is 5.33. The number of carbonyl (C=O) groups excluding carboxylic acids is 2. The summed E-state index contributed by atoms with van der Waals surface area (Å²) in [5.41, 5.74) is 1.12. The zero-order valence-electron chi connectivity index (χ0n) is 16.3. The van der Waals surface area contributed by atoms with Gasteiger partial charge < -0.3 is 14.5 Å². The lowest BCUT2D eigenvalue weighted by molar-refractivity contribution is -0.130. The molecule has 4 rings (SSSR count). The maximum Gasteiger partial charge on any atom is 0.325 e. The van der Waals surface area contributed by atoms with Crippen LogP contribution in [0.2, 0.25) is 0 Å². The van der Waals surface area contributed by atoms with Gasteiger partial charge in [0.2, 0.25) is 11.8 Å². The third-order valence-electron chi connectivity index (χ3n) is 5.21. The van der Waals surface area contributed by atoms with Crippen molar-refractivity contribution in [2.45, 2.75) is 19.4 Å². The molecule has 2 aromatic rings. The lowest BCUT2D eigenvalue weighted by atomic mass is 10.3. The number of aryl methyl sites for hydroxylation is 1. The molecule has 29 heavy (non-hydrogen) atoms. The van der Waals surface area contributed by atoms with Crippen molar-refractivity contribution in [3.05, 3.63) is 54.0 Å². The van der Waals surface area contributed by atoms with Crippen molar-refractivity contribution in [1.82, 2.24) is 14.8 Å². The molecule has 3 amide bonds. The van der Waals surface area contributed by atoms with E-state index >= 15 is 0 Å². The number of halogens is 1. The fraction of sp³-hybridized carbons (Fsp3) is 0.381. The van der Waals surface area contributed by atoms with Gasteiger partial charge in [0.25, 0.3) is 0 Å². The number of aromatic nitrogens is 1. The topological polar surface area (TPSA) is 66.0 Å². The van der Waals surface area contributed by atoms with Gasteiger partial charge in [-0.15, -0.1) is 0 Å². The van der Waals surface area contributed by atoms with Gasteiger partial charge in [0.05, 0.1) is 12.2 Å². The van der Waals surface area contributed by atoms with E-state index in [0.29, 0.717) is 32.1 Å². The minimum atomic E-state index is -0.446. The number of hydrogen-bond donors (Lipinski definition) is 0. The van der Waals surface area contributed by atoms with Gasteiger partial charge in [-0.3, -0.25) is 9.69 Å². The van der Waals surface area contributed by atoms with Gasteiger partial charge in [0.1, 0.15) is 18.5 Å². The Bertz CT molecular complexity index is 922. The largest absolute Gasteiger partial charge is 0.472 e. The minimum absolute atomic E-state index is 0.0147. The number of anilines is 1. The van der Waals surface area contributed by atoms with E-state index < -0.39 is 5.82 Å². The molecule has 0 spiro atoms. The van der Waals surface area contributed by atoms with Crippen molar-refractivity contribution in [2.24, 2.45) is 0 Å². The number of hydrogen-bond acceptors (Lipinski definition) is 4. The normalized spacial score (nSPS) is 19.2. The number of amides is 3. The van der Waals surface area contributed by atoms with E-state index in [9.17, 15) is 14.0 Å². The summed E-state index contributed by atoms with van der Waals surface area (Å²) >= 11 is 0. The van der Waals surface area contributed by atoms with Gasteiger partial charge in [-0.2, -0.15) is 0 Å². The Morgan fingerprint density at radius 3 is 2.79 bits per heavy atom. The summed E-state index contributed by atoms with van der Waals surface area (Å²) in [6, 6.07) is 11.4. The number of benzene rings is 1. The Balaban J connectivity index is 1.32. The van der Waals surface area contributed by atoms with Gasteiger partial charge >= 0.3 is 6.03 Å². The molecule has 1 aromatic carbocycles. The lowest BCUT2D eigenvalue weighted by Crippen LogP contribution is -2.42. The molecule has 1 aromatic heterocycles. The summed E-state index contributed by atoms with van der Waals surface area (Å²) in [5, 5.41) is 0. The van der Waals surface area contributed by atoms with Gasteiger partial charge in [-0.05, 0) is 25.1 Å². The van der Waals surface area contributed by atoms with Crippen molar-refractivity contribution in [1.29, 1.82) is 0 Å². The van der Waals surface area contributed by atoms with Crippen LogP contribution in [-0.4, -0.2) is 65.5 Å². The Hall–Kier alpha value is -3.16. The number of urea groups is 1. The van der Waals surface area contributed by atoms with Gasteiger partial charge in [-0.1, -0.05) is 18.2 Å². The molecule has 0 unspecified atom stereocenters. The molecule has 2 aliphatic rings. The van der Waals surface area contributed by atoms with E-state index in [1.807, 2.05) is 19.1 Å². The van der Waals surface area contributed by atoms with Gasteiger partial charge in [0, 0.05) is 37.8 Å². The molecule has 0 N–H and O–H groups in total. The molecule has 2 saturated heterocycles. The quantitative estimate of drug-likeness (QED) is 0.776. The first-order chi connectivity index (χ1) is 14.0. The van der Waals surface area contributed by atoms with E-state index in [1.54, 1.807) is 29.2 Å². The fourth-order valence-corrected chi connectivity index (χ4v) is 3.69. The van der Waals surface area contributed by atoms with Crippen molar-refractivity contribution in [3.63, 3.8) is 0 Å². The highest BCUT2D eigenvalue weighted by Crippen LogP contribution is 2.24. The van der Waals surface area contributed by atoms with Crippen LogP contribution in [0.25, 0.3) is 0 Å². The van der Waals surface area contributed by atoms with Crippen LogP contribution in [0.1, 0.15) is 12.1 Å². The average molecular weight is 398 g/mol. The first kappa shape index (κ1) is 19.2. The highest BCUT2D eigenvalue weighted by Gasteiger charge is 2.35. The average Bonchev–Trinajstić information content (AvgIpc) is 3.30. The maximum atomic E-state index is 14.0. The Morgan fingerprint density at radius 2 is 2.00 bits per heavy atom. The second-order valence-corrected chi connectivity index (χ2v) is 7.29. The molecule has 0 bridgehead atoms. The van der Waals surface area contributed by atoms with Crippen LogP contribution in [0, 0.1) is 12.7 Å². The highest BCUT2D eigenvalue weighted by atomic mass is 19.1. The number of rotatable bonds is 5. The van der Waals surface area contributed by atoms with Crippen LogP contribution in [0.3, 0.4) is 0 Å². The predicted molar refractivity (Wildman–Crippen MR) is 105 cm³/mol. The van der Waals surface area contributed by atoms with E-state index in [4.69, 9.17) is 4.74 Å². The monoisotopic (exact) mass is 398 g/mol. The number of likely N-dealkylation sites (tertiary alicyclic amines) is 1. The Labute approximate surface area is 168 Å². The first-order valence-electron chi connectivity index (χ1n) is 9.70. The van der Waals surface area contributed by atoms with Crippen LogP contribution >= 0.6 is 0 Å². The summed E-state index contributed by atoms with van der Waals surface area (Å²) in [5.74, 6) is -0.0186. The standard InChI is InChI=1S/C21H23FN4O3/c1-15-5-4-8-19(23-15)29-16-9-10-24(13-16)20(27)14-25-11-12-26(21(25)28)18-7-3-2-6-17(18)22/h2-8,16H,9-14H2,1H3/t16-/m1/s1. The lowest BCUT2D eigenvalue weighted by Gasteiger charge is -2.22. The summed E-state index contributed by atoms with van der Waals surface area (Å²) in [7, 11) is 0. The third kappa shape index (κ3) is 4.16. The number of ether oxygens (including phenoxy) is 1. The van der Waals surface area contributed by atoms with Crippen molar-refractivity contribution >= 4 is 17.6 Å². The minimum Gasteiger partial charge on any atom is -0.472 e. The van der Waals surface area contributed by atoms with Crippen molar-refractivity contribution in [2.75, 3.05) is 37.6 Å². The molecule has 3 heterocycles. The third-order valence-corrected chi connectivity index (χ3v) is 5.21. The van der Waals surface area contributed by atoms with E-state index in [0.717, 1.165) is 12.1 Å². The summed E-state index contributed by atoms with van der Waals surface area (Å²) in [6.07, 6.45) is 0.605. The molecule has 0 saturated carbocycles. The molecule has 0 radical (unpaired) electrons. The predicted octanol–water partition coefficient (Wildman–Crippen LogP) is 2.45. The van der Waals surface area contributed by atoms with E-state index in [-0.39, 0.29) is 30.3 Å². The van der Waals surface area contributed by atoms with Gasteiger partial charge in [0.15, 0.2) is 0 Å². The number of carbonyl (C=O) groups is 2. The maximum absolute atomic E-state index is 14.0. The SMILES string of the molecule is Cc1cccc(O[C@@H]2CCN(C(=O)CN3CCN(c4ccccc4F)C3=O)C2)n1. The van der Waals surface area contributed by atoms with E-state index in [1.165, 1.54) is 15.9 Å². The summed E-state index contributed by atoms with van der Waals surface area (Å²) in [4.78, 5) is 34.2. The molecule has 2 aliphatic heterocycles. The van der Waals surface area contributed by atoms with Crippen LogP contribution in [-0.2, 0) is 4.79 Å². The van der Waals surface area contributed by atoms with E-state index in [2.05, 4.69) is 4.98 Å². The Morgan fingerprint density at radius 1 is 1.17 bits per heavy atom. The molecular formula is C21H23FN4O3. The summed E-state index contributed by atoms with van der Waals surface area (Å²) in [6.45, 7) is 3.67. The molecule has 0 aliphatic carbocycles. The fourth-order valence-electron chi connectivity index (χ4n) is 3.69. The molecule has 8 heteroatoms. The van der Waals surface area contributed by atoms with Crippen LogP contribution < -0.4 is 9.64 Å². The number of para-hydroxylation sites is 1. The molecule has 7 nitrogen and oxygen atoms in total. The van der Waals surface area contributed by atoms with Crippen molar-refractivity contribution in [3.8, 4) is 5.88 Å². The molecule has 152 valence electrons. The van der Waals surface area contributed by atoms with Crippen molar-refractivity contribution < 1.29 is 18.7 Å². The van der Waals surface area contributed by atoms with Crippen LogP contribution in [0.5, 0.6) is 5.88 Å². The second-order valence-electron chi connectivity index (χ2n) is 7.29. The van der Waals surface area contributed by atoms with Crippen LogP contribution in [0.15, 0.2) is 42.5 Å².